The summed E-state index contributed by atoms with van der Waals surface area (Å²) in [5, 5.41) is 12.3. The van der Waals surface area contributed by atoms with E-state index in [0.717, 1.165) is 65.9 Å². The summed E-state index contributed by atoms with van der Waals surface area (Å²) in [4.78, 5) is 14.0. The number of piperazine rings is 1. The average Bonchev–Trinajstić information content (AvgIpc) is 2.87. The molecule has 0 saturated carbocycles. The normalized spacial score (nSPS) is 18.6. The molecule has 3 heterocycles. The fourth-order valence-electron chi connectivity index (χ4n) is 4.33. The zero-order valence-electron chi connectivity index (χ0n) is 18.8. The number of rotatable bonds is 5. The molecular formula is C27H28N6. The van der Waals surface area contributed by atoms with Gasteiger partial charge in [-0.3, -0.25) is 9.88 Å². The fourth-order valence-corrected chi connectivity index (χ4v) is 4.33. The van der Waals surface area contributed by atoms with Crippen molar-refractivity contribution in [2.45, 2.75) is 6.54 Å². The van der Waals surface area contributed by atoms with Crippen LogP contribution in [0.3, 0.4) is 0 Å². The summed E-state index contributed by atoms with van der Waals surface area (Å²) < 4.78 is 0. The van der Waals surface area contributed by atoms with Crippen LogP contribution in [0, 0.1) is 5.41 Å². The molecule has 2 aliphatic heterocycles. The Kier molecular flexibility index (Phi) is 6.11. The Morgan fingerprint density at radius 1 is 1.03 bits per heavy atom. The maximum Gasteiger partial charge on any atom is 0.139 e. The van der Waals surface area contributed by atoms with Crippen LogP contribution in [0.15, 0.2) is 77.8 Å². The molecule has 6 nitrogen and oxygen atoms in total. The highest BCUT2D eigenvalue weighted by Gasteiger charge is 2.15. The van der Waals surface area contributed by atoms with Gasteiger partial charge in [0.2, 0.25) is 0 Å². The number of nitrogens with zero attached hydrogens (tertiary/aromatic N) is 4. The number of aromatic nitrogens is 1. The van der Waals surface area contributed by atoms with Gasteiger partial charge in [-0.25, -0.2) is 4.99 Å². The summed E-state index contributed by atoms with van der Waals surface area (Å²) in [5.74, 6) is 0.664. The second kappa shape index (κ2) is 9.48. The molecule has 0 bridgehead atoms. The van der Waals surface area contributed by atoms with E-state index in [1.165, 1.54) is 11.8 Å². The van der Waals surface area contributed by atoms with Crippen LogP contribution in [0.25, 0.3) is 22.0 Å². The van der Waals surface area contributed by atoms with E-state index in [1.807, 2.05) is 42.7 Å². The van der Waals surface area contributed by atoms with Crippen LogP contribution in [0.1, 0.15) is 16.7 Å². The third-order valence-corrected chi connectivity index (χ3v) is 6.33. The summed E-state index contributed by atoms with van der Waals surface area (Å²) >= 11 is 0. The molecule has 0 amide bonds. The molecule has 2 aromatic carbocycles. The maximum atomic E-state index is 8.02. The molecule has 33 heavy (non-hydrogen) atoms. The SMILES string of the molecule is CN1CCN(Cc2ccc(C3=CN/C(=C(\C=N)c4ccnc5ccccc45)N=C3)cc2)CC1. The van der Waals surface area contributed by atoms with Crippen LogP contribution in [0.5, 0.6) is 0 Å². The Morgan fingerprint density at radius 2 is 1.82 bits per heavy atom. The van der Waals surface area contributed by atoms with Gasteiger partial charge in [-0.2, -0.15) is 0 Å². The Labute approximate surface area is 194 Å². The van der Waals surface area contributed by atoms with Crippen LogP contribution < -0.4 is 5.32 Å². The van der Waals surface area contributed by atoms with Gasteiger partial charge in [0, 0.05) is 74.1 Å². The summed E-state index contributed by atoms with van der Waals surface area (Å²) in [6, 6.07) is 18.6. The number of likely N-dealkylation sites (N-methyl/N-ethyl adjacent to an activating group) is 1. The van der Waals surface area contributed by atoms with Gasteiger partial charge in [0.1, 0.15) is 5.82 Å². The lowest BCUT2D eigenvalue weighted by Gasteiger charge is -2.32. The predicted octanol–water partition coefficient (Wildman–Crippen LogP) is 4.02. The molecule has 166 valence electrons. The third-order valence-electron chi connectivity index (χ3n) is 6.33. The number of pyridine rings is 1. The summed E-state index contributed by atoms with van der Waals surface area (Å²) in [5.41, 5.74) is 6.07. The summed E-state index contributed by atoms with van der Waals surface area (Å²) in [7, 11) is 2.19. The van der Waals surface area contributed by atoms with Crippen molar-refractivity contribution in [3.63, 3.8) is 0 Å². The molecule has 6 heteroatoms. The molecular weight excluding hydrogens is 408 g/mol. The first kappa shape index (κ1) is 21.2. The zero-order valence-corrected chi connectivity index (χ0v) is 18.8. The number of hydrogen-bond acceptors (Lipinski definition) is 6. The number of hydrogen-bond donors (Lipinski definition) is 2. The lowest BCUT2D eigenvalue weighted by molar-refractivity contribution is 0.148. The zero-order chi connectivity index (χ0) is 22.6. The van der Waals surface area contributed by atoms with E-state index in [9.17, 15) is 0 Å². The topological polar surface area (TPSA) is 67.6 Å². The Balaban J connectivity index is 1.32. The van der Waals surface area contributed by atoms with Gasteiger partial charge >= 0.3 is 0 Å². The Hall–Kier alpha value is -3.61. The van der Waals surface area contributed by atoms with Crippen molar-refractivity contribution in [3.8, 4) is 0 Å². The van der Waals surface area contributed by atoms with E-state index in [1.54, 1.807) is 6.20 Å². The van der Waals surface area contributed by atoms with Crippen molar-refractivity contribution < 1.29 is 0 Å². The first-order chi connectivity index (χ1) is 16.2. The van der Waals surface area contributed by atoms with E-state index in [4.69, 9.17) is 5.41 Å². The lowest BCUT2D eigenvalue weighted by atomic mass is 10.0. The molecule has 2 N–H and O–H groups in total. The highest BCUT2D eigenvalue weighted by molar-refractivity contribution is 6.16. The van der Waals surface area contributed by atoms with Gasteiger partial charge < -0.3 is 15.6 Å². The molecule has 1 saturated heterocycles. The summed E-state index contributed by atoms with van der Waals surface area (Å²) in [6.45, 7) is 5.51. The number of allylic oxidation sites excluding steroid dienone is 2. The Morgan fingerprint density at radius 3 is 2.55 bits per heavy atom. The van der Waals surface area contributed by atoms with Gasteiger partial charge in [-0.15, -0.1) is 0 Å². The molecule has 0 aliphatic carbocycles. The van der Waals surface area contributed by atoms with Gasteiger partial charge in [0.05, 0.1) is 5.52 Å². The van der Waals surface area contributed by atoms with Gasteiger partial charge in [0.25, 0.3) is 0 Å². The van der Waals surface area contributed by atoms with Crippen LogP contribution in [-0.2, 0) is 6.54 Å². The Bertz CT molecular complexity index is 1240. The maximum absolute atomic E-state index is 8.02. The minimum atomic E-state index is 0.664. The van der Waals surface area contributed by atoms with Crippen LogP contribution >= 0.6 is 0 Å². The fraction of sp³-hybridized carbons (Fsp3) is 0.222. The van der Waals surface area contributed by atoms with Crippen molar-refractivity contribution in [2.24, 2.45) is 4.99 Å². The van der Waals surface area contributed by atoms with E-state index >= 15 is 0 Å². The molecule has 0 atom stereocenters. The van der Waals surface area contributed by atoms with Crippen LogP contribution in [0.2, 0.25) is 0 Å². The smallest absolute Gasteiger partial charge is 0.139 e. The quantitative estimate of drug-likeness (QED) is 0.593. The molecule has 0 unspecified atom stereocenters. The van der Waals surface area contributed by atoms with E-state index in [-0.39, 0.29) is 0 Å². The molecule has 0 spiro atoms. The number of benzene rings is 2. The molecule has 0 radical (unpaired) electrons. The second-order valence-corrected chi connectivity index (χ2v) is 8.56. The first-order valence-electron chi connectivity index (χ1n) is 11.3. The number of nitrogens with one attached hydrogen (secondary N) is 2. The van der Waals surface area contributed by atoms with E-state index in [2.05, 4.69) is 56.4 Å². The van der Waals surface area contributed by atoms with Crippen molar-refractivity contribution in [3.05, 3.63) is 89.5 Å². The minimum absolute atomic E-state index is 0.664. The second-order valence-electron chi connectivity index (χ2n) is 8.56. The molecule has 3 aromatic rings. The van der Waals surface area contributed by atoms with E-state index < -0.39 is 0 Å². The molecule has 1 aromatic heterocycles. The predicted molar refractivity (Wildman–Crippen MR) is 136 cm³/mol. The third kappa shape index (κ3) is 4.62. The van der Waals surface area contributed by atoms with Crippen molar-refractivity contribution in [1.82, 2.24) is 20.1 Å². The lowest BCUT2D eigenvalue weighted by Crippen LogP contribution is -2.43. The number of para-hydroxylation sites is 1. The van der Waals surface area contributed by atoms with Crippen molar-refractivity contribution in [2.75, 3.05) is 33.2 Å². The standard InChI is InChI=1S/C27H28N6/c1-32-12-14-33(15-13-32)19-20-6-8-21(9-7-20)22-17-30-27(31-18-22)25(16-28)23-10-11-29-26-5-3-2-4-24(23)26/h2-11,16-18,28,30H,12-15,19H2,1H3/b27-25-,28-16?. The van der Waals surface area contributed by atoms with Gasteiger partial charge in [-0.05, 0) is 35.9 Å². The van der Waals surface area contributed by atoms with Crippen molar-refractivity contribution in [1.29, 1.82) is 5.41 Å². The largest absolute Gasteiger partial charge is 0.345 e. The van der Waals surface area contributed by atoms with E-state index in [0.29, 0.717) is 5.82 Å². The monoisotopic (exact) mass is 436 g/mol. The van der Waals surface area contributed by atoms with Crippen molar-refractivity contribution >= 4 is 34.5 Å². The van der Waals surface area contributed by atoms with Gasteiger partial charge in [0.15, 0.2) is 0 Å². The number of fused-ring (bicyclic) bond motifs is 1. The number of aliphatic imine (C=N–C) groups is 1. The van der Waals surface area contributed by atoms with Crippen LogP contribution in [-0.4, -0.2) is 60.4 Å². The minimum Gasteiger partial charge on any atom is -0.345 e. The molecule has 2 aliphatic rings. The summed E-state index contributed by atoms with van der Waals surface area (Å²) in [6.07, 6.45) is 6.96. The molecule has 5 rings (SSSR count). The van der Waals surface area contributed by atoms with Crippen LogP contribution in [0.4, 0.5) is 0 Å². The molecule has 1 fully saturated rings. The average molecular weight is 437 g/mol. The highest BCUT2D eigenvalue weighted by atomic mass is 15.2. The van der Waals surface area contributed by atoms with Gasteiger partial charge in [-0.1, -0.05) is 42.5 Å². The first-order valence-corrected chi connectivity index (χ1v) is 11.3. The highest BCUT2D eigenvalue weighted by Crippen LogP contribution is 2.26.